The summed E-state index contributed by atoms with van der Waals surface area (Å²) in [6, 6.07) is 0. The summed E-state index contributed by atoms with van der Waals surface area (Å²) in [5.74, 6) is 1.50. The van der Waals surface area contributed by atoms with Crippen LogP contribution in [0.15, 0.2) is 16.2 Å². The number of rotatable bonds is 3. The first-order valence-corrected chi connectivity index (χ1v) is 10.4. The maximum atomic E-state index is 6.40. The van der Waals surface area contributed by atoms with Gasteiger partial charge in [-0.3, -0.25) is 9.89 Å². The Labute approximate surface area is 148 Å². The van der Waals surface area contributed by atoms with E-state index in [0.717, 1.165) is 39.5 Å². The summed E-state index contributed by atoms with van der Waals surface area (Å²) in [6.45, 7) is 4.28. The third kappa shape index (κ3) is 2.43. The minimum Gasteiger partial charge on any atom is -0.470 e. The molecule has 126 valence electrons. The molecule has 2 bridgehead atoms. The van der Waals surface area contributed by atoms with Gasteiger partial charge < -0.3 is 4.74 Å². The van der Waals surface area contributed by atoms with E-state index in [0.29, 0.717) is 12.3 Å². The summed E-state index contributed by atoms with van der Waals surface area (Å²) in [6.07, 6.45) is 6.94. The highest BCUT2D eigenvalue weighted by molar-refractivity contribution is 7.98. The molecule has 24 heavy (non-hydrogen) atoms. The maximum Gasteiger partial charge on any atom is 0.191 e. The molecule has 0 aromatic carbocycles. The molecule has 0 amide bonds. The standard InChI is InChI=1S/C16H19N5OS2/c1-23-13-7-17-14-15(20-13)24-12(19-14)6-11-18-8-16(22-11)9-21-4-2-10(16)3-5-21/h7,10H,2-6,8-9H2,1H3/t16-/m0/s1. The molecule has 6 rings (SSSR count). The number of thioether (sulfide) groups is 1. The largest absolute Gasteiger partial charge is 0.470 e. The Morgan fingerprint density at radius 1 is 1.38 bits per heavy atom. The van der Waals surface area contributed by atoms with Crippen LogP contribution in [0.1, 0.15) is 17.8 Å². The molecule has 2 aromatic rings. The summed E-state index contributed by atoms with van der Waals surface area (Å²) < 4.78 is 6.40. The number of ether oxygens (including phenoxy) is 1. The van der Waals surface area contributed by atoms with Crippen molar-refractivity contribution in [1.29, 1.82) is 0 Å². The second-order valence-corrected chi connectivity index (χ2v) is 8.64. The normalized spacial score (nSPS) is 31.6. The van der Waals surface area contributed by atoms with Crippen molar-refractivity contribution in [1.82, 2.24) is 19.9 Å². The summed E-state index contributed by atoms with van der Waals surface area (Å²) in [5.41, 5.74) is 0.661. The lowest BCUT2D eigenvalue weighted by Crippen LogP contribution is -2.60. The first-order valence-electron chi connectivity index (χ1n) is 8.35. The Hall–Kier alpha value is -1.25. The molecular formula is C16H19N5OS2. The van der Waals surface area contributed by atoms with Crippen LogP contribution < -0.4 is 0 Å². The predicted octanol–water partition coefficient (Wildman–Crippen LogP) is 2.24. The van der Waals surface area contributed by atoms with E-state index in [9.17, 15) is 0 Å². The van der Waals surface area contributed by atoms with E-state index < -0.39 is 0 Å². The van der Waals surface area contributed by atoms with E-state index in [4.69, 9.17) is 9.73 Å². The zero-order chi connectivity index (χ0) is 16.1. The van der Waals surface area contributed by atoms with E-state index >= 15 is 0 Å². The van der Waals surface area contributed by atoms with Gasteiger partial charge >= 0.3 is 0 Å². The van der Waals surface area contributed by atoms with Crippen LogP contribution in [0.3, 0.4) is 0 Å². The third-order valence-electron chi connectivity index (χ3n) is 5.32. The van der Waals surface area contributed by atoms with Gasteiger partial charge in [0.15, 0.2) is 16.4 Å². The molecule has 0 aliphatic carbocycles. The second-order valence-electron chi connectivity index (χ2n) is 6.75. The highest BCUT2D eigenvalue weighted by Crippen LogP contribution is 2.41. The van der Waals surface area contributed by atoms with Crippen molar-refractivity contribution < 1.29 is 4.74 Å². The monoisotopic (exact) mass is 361 g/mol. The fourth-order valence-electron chi connectivity index (χ4n) is 4.08. The van der Waals surface area contributed by atoms with E-state index in [1.54, 1.807) is 29.3 Å². The summed E-state index contributed by atoms with van der Waals surface area (Å²) in [4.78, 5) is 21.7. The van der Waals surface area contributed by atoms with Crippen molar-refractivity contribution in [3.63, 3.8) is 0 Å². The number of fused-ring (bicyclic) bond motifs is 3. The number of aliphatic imine (C=N–C) groups is 1. The van der Waals surface area contributed by atoms with Crippen molar-refractivity contribution in [3.05, 3.63) is 11.2 Å². The molecule has 4 aliphatic heterocycles. The maximum absolute atomic E-state index is 6.40. The van der Waals surface area contributed by atoms with E-state index in [-0.39, 0.29) is 5.60 Å². The zero-order valence-electron chi connectivity index (χ0n) is 13.6. The Morgan fingerprint density at radius 3 is 3.00 bits per heavy atom. The molecule has 0 saturated carbocycles. The second kappa shape index (κ2) is 5.64. The quantitative estimate of drug-likeness (QED) is 0.782. The van der Waals surface area contributed by atoms with Gasteiger partial charge in [0.1, 0.15) is 15.6 Å². The van der Waals surface area contributed by atoms with Crippen LogP contribution in [0.4, 0.5) is 0 Å². The molecule has 1 atom stereocenters. The van der Waals surface area contributed by atoms with Gasteiger partial charge in [0, 0.05) is 12.5 Å². The minimum absolute atomic E-state index is 0.0644. The number of aromatic nitrogens is 3. The van der Waals surface area contributed by atoms with E-state index in [2.05, 4.69) is 19.9 Å². The van der Waals surface area contributed by atoms with Crippen molar-refractivity contribution >= 4 is 39.5 Å². The van der Waals surface area contributed by atoms with Crippen LogP contribution in [0.2, 0.25) is 0 Å². The highest BCUT2D eigenvalue weighted by Gasteiger charge is 2.51. The Kier molecular flexibility index (Phi) is 3.53. The van der Waals surface area contributed by atoms with Crippen LogP contribution in [0.5, 0.6) is 0 Å². The molecule has 2 aromatic heterocycles. The molecule has 0 unspecified atom stereocenters. The lowest BCUT2D eigenvalue weighted by atomic mass is 9.75. The van der Waals surface area contributed by atoms with Crippen molar-refractivity contribution in [2.24, 2.45) is 10.9 Å². The Balaban J connectivity index is 1.34. The topological polar surface area (TPSA) is 63.5 Å². The number of nitrogens with zero attached hydrogens (tertiary/aromatic N) is 5. The molecule has 8 heteroatoms. The van der Waals surface area contributed by atoms with Crippen LogP contribution in [0, 0.1) is 5.92 Å². The predicted molar refractivity (Wildman–Crippen MR) is 96.0 cm³/mol. The number of thiazole rings is 1. The average Bonchev–Trinajstić information content (AvgIpc) is 3.19. The summed E-state index contributed by atoms with van der Waals surface area (Å²) in [5, 5.41) is 1.92. The summed E-state index contributed by atoms with van der Waals surface area (Å²) >= 11 is 3.19. The van der Waals surface area contributed by atoms with Gasteiger partial charge in [-0.15, -0.1) is 11.8 Å². The number of piperidine rings is 3. The first-order chi connectivity index (χ1) is 11.7. The first kappa shape index (κ1) is 15.0. The molecule has 3 fully saturated rings. The fraction of sp³-hybridized carbons (Fsp3) is 0.625. The molecule has 4 aliphatic rings. The molecule has 0 radical (unpaired) electrons. The number of hydrogen-bond donors (Lipinski definition) is 0. The lowest BCUT2D eigenvalue weighted by molar-refractivity contribution is -0.0837. The SMILES string of the molecule is CSc1cnc2nc(CC3=NC[C@@]4(CN5CCC4CC5)O3)sc2n1. The molecule has 0 N–H and O–H groups in total. The van der Waals surface area contributed by atoms with E-state index in [1.165, 1.54) is 25.9 Å². The molecule has 6 heterocycles. The van der Waals surface area contributed by atoms with E-state index in [1.807, 2.05) is 6.26 Å². The lowest BCUT2D eigenvalue weighted by Gasteiger charge is -2.50. The third-order valence-corrected chi connectivity index (χ3v) is 6.88. The van der Waals surface area contributed by atoms with Gasteiger partial charge in [-0.1, -0.05) is 11.3 Å². The van der Waals surface area contributed by atoms with Crippen molar-refractivity contribution in [2.45, 2.75) is 29.9 Å². The highest BCUT2D eigenvalue weighted by atomic mass is 32.2. The van der Waals surface area contributed by atoms with Gasteiger partial charge in [-0.25, -0.2) is 15.0 Å². The Bertz CT molecular complexity index is 814. The Morgan fingerprint density at radius 2 is 2.25 bits per heavy atom. The molecule has 1 spiro atoms. The van der Waals surface area contributed by atoms with Gasteiger partial charge in [0.2, 0.25) is 0 Å². The average molecular weight is 361 g/mol. The smallest absolute Gasteiger partial charge is 0.191 e. The molecule has 6 nitrogen and oxygen atoms in total. The molecule has 3 saturated heterocycles. The van der Waals surface area contributed by atoms with Gasteiger partial charge in [-0.05, 0) is 32.2 Å². The van der Waals surface area contributed by atoms with Crippen LogP contribution in [0.25, 0.3) is 10.5 Å². The van der Waals surface area contributed by atoms with Crippen LogP contribution in [-0.2, 0) is 11.2 Å². The summed E-state index contributed by atoms with van der Waals surface area (Å²) in [7, 11) is 0. The minimum atomic E-state index is -0.0644. The van der Waals surface area contributed by atoms with Gasteiger partial charge in [-0.2, -0.15) is 0 Å². The van der Waals surface area contributed by atoms with Gasteiger partial charge in [0.05, 0.1) is 19.2 Å². The van der Waals surface area contributed by atoms with Gasteiger partial charge in [0.25, 0.3) is 0 Å². The molecular weight excluding hydrogens is 342 g/mol. The van der Waals surface area contributed by atoms with Crippen molar-refractivity contribution in [2.75, 3.05) is 32.4 Å². The fourth-order valence-corrected chi connectivity index (χ4v) is 5.37. The zero-order valence-corrected chi connectivity index (χ0v) is 15.2. The van der Waals surface area contributed by atoms with Crippen molar-refractivity contribution in [3.8, 4) is 0 Å². The van der Waals surface area contributed by atoms with Crippen LogP contribution >= 0.6 is 23.1 Å². The number of hydrogen-bond acceptors (Lipinski definition) is 8. The van der Waals surface area contributed by atoms with Crippen LogP contribution in [-0.4, -0.2) is 63.8 Å².